The molecule has 2 N–H and O–H groups in total. The molecule has 15 nitrogen and oxygen atoms in total. The average Bonchev–Trinajstić information content (AvgIpc) is 3.71. The molecule has 0 aliphatic carbocycles. The molecule has 10 atom stereocenters. The van der Waals surface area contributed by atoms with E-state index in [9.17, 15) is 9.13 Å². The molecule has 21 heteroatoms. The van der Waals surface area contributed by atoms with E-state index in [1.807, 2.05) is 6.07 Å². The first-order chi connectivity index (χ1) is 24.1. The minimum Gasteiger partial charge on any atom is -0.384 e. The monoisotopic (exact) mass is 727 g/mol. The van der Waals surface area contributed by atoms with Gasteiger partial charge in [-0.2, -0.15) is 0 Å². The Morgan fingerprint density at radius 1 is 0.780 bits per heavy atom. The molecule has 4 aromatic heterocycles. The van der Waals surface area contributed by atoms with E-state index in [-0.39, 0.29) is 0 Å². The third-order valence-electron chi connectivity index (χ3n) is 9.79. The maximum Gasteiger partial charge on any atom is 0.264 e. The second kappa shape index (κ2) is 12.4. The van der Waals surface area contributed by atoms with Crippen LogP contribution >= 0.6 is 14.9 Å². The van der Waals surface area contributed by atoms with E-state index in [1.165, 1.54) is 15.5 Å². The molecule has 9 rings (SSSR count). The lowest BCUT2D eigenvalue weighted by Crippen LogP contribution is -2.37. The molecule has 4 aromatic rings. The van der Waals surface area contributed by atoms with Crippen LogP contribution in [-0.2, 0) is 49.5 Å². The molecule has 50 heavy (non-hydrogen) atoms. The van der Waals surface area contributed by atoms with Gasteiger partial charge in [0.1, 0.15) is 47.9 Å². The third kappa shape index (κ3) is 5.61. The van der Waals surface area contributed by atoms with Crippen molar-refractivity contribution in [2.24, 2.45) is 0 Å². The van der Waals surface area contributed by atoms with Gasteiger partial charge in [-0.3, -0.25) is 9.13 Å². The number of aryl methyl sites for hydroxylation is 2. The quantitative estimate of drug-likeness (QED) is 0.225. The zero-order valence-corrected chi connectivity index (χ0v) is 28.3. The standard InChI is InChI=1S/C29H31B2F2N7O8P2/c30-49(41)44-12-18-24(22(33)29(46-18)40-10-15-4-2-7-35-25-20(15)27(40)38-13-37-25)48-50(31,42)43-11-17-23(47-49)21(32)28(45-17)39-9-14-3-1-6-34-16-5-8-36-26(39)19(14)16/h5,8-10,13,17-18,21-24,28-29,34H,1-4,6-7,11-12H2,(H,35,37,38)/t17-,18-,21+,22?,23?,24+,28-,29-,49?,50?/m1/s1. The number of anilines is 2. The van der Waals surface area contributed by atoms with E-state index >= 15 is 8.78 Å². The lowest BCUT2D eigenvalue weighted by Gasteiger charge is -2.29. The molecule has 4 radical (unpaired) electrons. The highest BCUT2D eigenvalue weighted by molar-refractivity contribution is 7.79. The summed E-state index contributed by atoms with van der Waals surface area (Å²) in [5.74, 6) is 0.612. The zero-order valence-electron chi connectivity index (χ0n) is 26.5. The molecule has 3 fully saturated rings. The van der Waals surface area contributed by atoms with E-state index in [1.54, 1.807) is 18.6 Å². The van der Waals surface area contributed by atoms with Crippen LogP contribution in [-0.4, -0.2) is 102 Å². The van der Waals surface area contributed by atoms with Crippen LogP contribution in [0.4, 0.5) is 20.3 Å². The van der Waals surface area contributed by atoms with Gasteiger partial charge in [0.25, 0.3) is 14.9 Å². The van der Waals surface area contributed by atoms with Crippen LogP contribution in [0.15, 0.2) is 31.0 Å². The second-order valence-corrected chi connectivity index (χ2v) is 16.1. The van der Waals surface area contributed by atoms with Crippen molar-refractivity contribution in [3.63, 3.8) is 0 Å². The lowest BCUT2D eigenvalue weighted by atomic mass is 10.1. The van der Waals surface area contributed by atoms with Crippen molar-refractivity contribution in [1.82, 2.24) is 24.1 Å². The summed E-state index contributed by atoms with van der Waals surface area (Å²) < 4.78 is 97.2. The van der Waals surface area contributed by atoms with E-state index in [0.29, 0.717) is 30.1 Å². The first kappa shape index (κ1) is 33.0. The number of fused-ring (bicyclic) bond motifs is 2. The van der Waals surface area contributed by atoms with Gasteiger partial charge in [-0.05, 0) is 42.9 Å². The van der Waals surface area contributed by atoms with Crippen LogP contribution in [0.25, 0.3) is 22.1 Å². The Morgan fingerprint density at radius 2 is 1.34 bits per heavy atom. The van der Waals surface area contributed by atoms with Gasteiger partial charge in [-0.25, -0.2) is 23.7 Å². The van der Waals surface area contributed by atoms with Crippen LogP contribution in [0.5, 0.6) is 0 Å². The number of halogens is 2. The molecule has 260 valence electrons. The second-order valence-electron chi connectivity index (χ2n) is 13.0. The molecule has 0 amide bonds. The average molecular weight is 727 g/mol. The number of nitrogens with one attached hydrogen (secondary N) is 2. The molecule has 0 aromatic carbocycles. The topological polar surface area (TPSA) is 162 Å². The summed E-state index contributed by atoms with van der Waals surface area (Å²) in [5.41, 5.74) is 3.56. The molecule has 0 saturated carbocycles. The summed E-state index contributed by atoms with van der Waals surface area (Å²) in [7, 11) is 2.87. The van der Waals surface area contributed by atoms with Gasteiger partial charge in [-0.15, -0.1) is 0 Å². The summed E-state index contributed by atoms with van der Waals surface area (Å²) in [5, 5.41) is 8.17. The molecule has 0 bridgehead atoms. The molecule has 5 aliphatic heterocycles. The molecule has 9 heterocycles. The van der Waals surface area contributed by atoms with E-state index in [0.717, 1.165) is 53.4 Å². The Labute approximate surface area is 286 Å². The van der Waals surface area contributed by atoms with E-state index in [2.05, 4.69) is 25.6 Å². The van der Waals surface area contributed by atoms with Crippen LogP contribution < -0.4 is 10.6 Å². The molecular formula is C29H31B2F2N7O8P2. The first-order valence-corrected chi connectivity index (χ1v) is 19.6. The third-order valence-corrected chi connectivity index (χ3v) is 11.9. The summed E-state index contributed by atoms with van der Waals surface area (Å²) in [4.78, 5) is 13.2. The molecule has 3 saturated heterocycles. The fourth-order valence-corrected chi connectivity index (χ4v) is 9.58. The van der Waals surface area contributed by atoms with Crippen molar-refractivity contribution in [1.29, 1.82) is 0 Å². The summed E-state index contributed by atoms with van der Waals surface area (Å²) >= 11 is 0. The number of alkyl halides is 2. The number of hydrogen-bond acceptors (Lipinski definition) is 13. The minimum absolute atomic E-state index is 0.404. The van der Waals surface area contributed by atoms with E-state index in [4.69, 9.17) is 42.7 Å². The number of rotatable bonds is 2. The summed E-state index contributed by atoms with van der Waals surface area (Å²) in [6, 6.07) is 1.84. The number of pyridine rings is 1. The number of nitrogens with zero attached hydrogens (tertiary/aromatic N) is 5. The van der Waals surface area contributed by atoms with Crippen molar-refractivity contribution in [2.45, 2.75) is 74.9 Å². The maximum absolute atomic E-state index is 16.4. The summed E-state index contributed by atoms with van der Waals surface area (Å²) in [6.45, 7) is 0.201. The predicted molar refractivity (Wildman–Crippen MR) is 177 cm³/mol. The number of aromatic nitrogens is 5. The van der Waals surface area contributed by atoms with Gasteiger partial charge in [0.05, 0.1) is 18.6 Å². The SMILES string of the molecule is [B]P1(=O)OC[C@H]2O[C@@H](n3cc4c5c(ncnc53)NCCC4)C(F)[C@H]2OP([B])(=O)OC[C@H]2O[C@@H](n3cc4c5c(ccnc53)NCCC4)[C@@H](F)C2O1. The fraction of sp³-hybridized carbons (Fsp3) is 0.552. The Bertz CT molecular complexity index is 1930. The normalized spacial score (nSPS) is 37.5. The molecular weight excluding hydrogens is 696 g/mol. The van der Waals surface area contributed by atoms with E-state index < -0.39 is 77.4 Å². The van der Waals surface area contributed by atoms with Crippen LogP contribution in [0.2, 0.25) is 0 Å². The van der Waals surface area contributed by atoms with Crippen molar-refractivity contribution in [2.75, 3.05) is 36.9 Å². The van der Waals surface area contributed by atoms with Crippen molar-refractivity contribution < 1.29 is 45.5 Å². The fourth-order valence-electron chi connectivity index (χ4n) is 7.56. The highest BCUT2D eigenvalue weighted by Crippen LogP contribution is 2.54. The highest BCUT2D eigenvalue weighted by Gasteiger charge is 2.54. The predicted octanol–water partition coefficient (Wildman–Crippen LogP) is 4.04. The van der Waals surface area contributed by atoms with Crippen LogP contribution in [0, 0.1) is 0 Å². The lowest BCUT2D eigenvalue weighted by molar-refractivity contribution is -0.0546. The Kier molecular flexibility index (Phi) is 8.16. The van der Waals surface area contributed by atoms with Gasteiger partial charge in [-0.1, -0.05) is 0 Å². The van der Waals surface area contributed by atoms with Gasteiger partial charge in [0.2, 0.25) is 15.1 Å². The van der Waals surface area contributed by atoms with Gasteiger partial charge in [0, 0.05) is 42.8 Å². The van der Waals surface area contributed by atoms with Crippen molar-refractivity contribution in [3.8, 4) is 0 Å². The zero-order chi connectivity index (χ0) is 34.4. The smallest absolute Gasteiger partial charge is 0.264 e. The van der Waals surface area contributed by atoms with Gasteiger partial charge >= 0.3 is 0 Å². The maximum atomic E-state index is 16.4. The summed E-state index contributed by atoms with van der Waals surface area (Å²) in [6.07, 6.45) is -3.01. The highest BCUT2D eigenvalue weighted by atomic mass is 31.2. The van der Waals surface area contributed by atoms with Crippen molar-refractivity contribution in [3.05, 3.63) is 42.1 Å². The Hall–Kier alpha value is -2.88. The Balaban J connectivity index is 1.00. The first-order valence-electron chi connectivity index (χ1n) is 16.4. The van der Waals surface area contributed by atoms with Gasteiger partial charge in [0.15, 0.2) is 24.8 Å². The number of ether oxygens (including phenoxy) is 2. The molecule has 4 unspecified atom stereocenters. The molecule has 5 aliphatic rings. The molecule has 0 spiro atoms. The number of hydrogen-bond donors (Lipinski definition) is 2. The van der Waals surface area contributed by atoms with Crippen LogP contribution in [0.3, 0.4) is 0 Å². The van der Waals surface area contributed by atoms with Gasteiger partial charge < -0.3 is 47.3 Å². The largest absolute Gasteiger partial charge is 0.384 e. The van der Waals surface area contributed by atoms with Crippen LogP contribution in [0.1, 0.15) is 36.4 Å². The Morgan fingerprint density at radius 3 is 1.96 bits per heavy atom. The minimum atomic E-state index is -4.56. The van der Waals surface area contributed by atoms with Crippen molar-refractivity contribution >= 4 is 63.7 Å².